The normalized spacial score (nSPS) is 10.2. The van der Waals surface area contributed by atoms with Crippen molar-refractivity contribution in [3.8, 4) is 0 Å². The summed E-state index contributed by atoms with van der Waals surface area (Å²) in [6.07, 6.45) is 0.747. The largest absolute Gasteiger partial charge is 0.0833 e. The van der Waals surface area contributed by atoms with E-state index in [9.17, 15) is 0 Å². The summed E-state index contributed by atoms with van der Waals surface area (Å²) in [5, 5.41) is 5.31. The maximum atomic E-state index is 4.75. The zero-order chi connectivity index (χ0) is 9.10. The molecule has 1 heteroatoms. The van der Waals surface area contributed by atoms with Gasteiger partial charge in [0.2, 0.25) is 0 Å². The zero-order valence-corrected chi connectivity index (χ0v) is 7.97. The van der Waals surface area contributed by atoms with Gasteiger partial charge in [-0.2, -0.15) is 0 Å². The van der Waals surface area contributed by atoms with Crippen LogP contribution in [0.15, 0.2) is 42.5 Å². The van der Waals surface area contributed by atoms with Crippen LogP contribution in [0.4, 0.5) is 0 Å². The molecular formula is C12H9S. The van der Waals surface area contributed by atoms with Gasteiger partial charge in [-0.05, 0) is 16.3 Å². The highest BCUT2D eigenvalue weighted by molar-refractivity contribution is 7.79. The molecule has 13 heavy (non-hydrogen) atoms. The van der Waals surface area contributed by atoms with E-state index in [1.54, 1.807) is 0 Å². The molecule has 2 rings (SSSR count). The fourth-order valence-corrected chi connectivity index (χ4v) is 1.68. The Morgan fingerprint density at radius 3 is 2.62 bits per heavy atom. The van der Waals surface area contributed by atoms with E-state index in [4.69, 9.17) is 12.2 Å². The standard InChI is InChI=1S/C12H9S/c13-9-8-11-6-3-5-10-4-1-2-7-12(10)11/h1-7H,8H2. The topological polar surface area (TPSA) is 0 Å². The molecule has 2 aromatic carbocycles. The van der Waals surface area contributed by atoms with E-state index in [0.29, 0.717) is 0 Å². The van der Waals surface area contributed by atoms with Crippen LogP contribution in [0.2, 0.25) is 0 Å². The van der Waals surface area contributed by atoms with Crippen LogP contribution >= 0.6 is 12.2 Å². The van der Waals surface area contributed by atoms with Crippen molar-refractivity contribution < 1.29 is 0 Å². The van der Waals surface area contributed by atoms with E-state index in [1.165, 1.54) is 16.3 Å². The van der Waals surface area contributed by atoms with Gasteiger partial charge in [0.25, 0.3) is 0 Å². The van der Waals surface area contributed by atoms with Crippen molar-refractivity contribution in [1.82, 2.24) is 0 Å². The highest BCUT2D eigenvalue weighted by atomic mass is 32.1. The van der Waals surface area contributed by atoms with E-state index >= 15 is 0 Å². The molecule has 0 aliphatic rings. The summed E-state index contributed by atoms with van der Waals surface area (Å²) in [5.74, 6) is 0. The van der Waals surface area contributed by atoms with E-state index in [1.807, 2.05) is 6.07 Å². The lowest BCUT2D eigenvalue weighted by atomic mass is 10.0. The van der Waals surface area contributed by atoms with Gasteiger partial charge >= 0.3 is 0 Å². The van der Waals surface area contributed by atoms with Crippen molar-refractivity contribution in [2.45, 2.75) is 6.42 Å². The Bertz CT molecular complexity index is 427. The Labute approximate surface area is 83.2 Å². The van der Waals surface area contributed by atoms with E-state index < -0.39 is 0 Å². The molecule has 2 aromatic rings. The van der Waals surface area contributed by atoms with Crippen molar-refractivity contribution in [3.63, 3.8) is 0 Å². The highest BCUT2D eigenvalue weighted by Crippen LogP contribution is 2.18. The van der Waals surface area contributed by atoms with Gasteiger partial charge in [0.1, 0.15) is 0 Å². The molecule has 63 valence electrons. The minimum Gasteiger partial charge on any atom is -0.0833 e. The molecule has 0 saturated heterocycles. The average Bonchev–Trinajstić information content (AvgIpc) is 2.19. The third-order valence-electron chi connectivity index (χ3n) is 2.14. The molecule has 0 nitrogen and oxygen atoms in total. The maximum Gasteiger partial charge on any atom is 0.0338 e. The predicted octanol–water partition coefficient (Wildman–Crippen LogP) is 3.26. The summed E-state index contributed by atoms with van der Waals surface area (Å²) in [5.41, 5.74) is 1.26. The molecule has 0 saturated carbocycles. The molecule has 0 aliphatic heterocycles. The number of benzene rings is 2. The lowest BCUT2D eigenvalue weighted by Gasteiger charge is -2.02. The SMILES string of the molecule is S=[C]Cc1cccc2ccccc12. The Morgan fingerprint density at radius 1 is 1.00 bits per heavy atom. The van der Waals surface area contributed by atoms with Crippen molar-refractivity contribution in [2.24, 2.45) is 0 Å². The molecule has 0 unspecified atom stereocenters. The molecule has 1 radical (unpaired) electrons. The smallest absolute Gasteiger partial charge is 0.0338 e. The summed E-state index contributed by atoms with van der Waals surface area (Å²) >= 11 is 4.75. The second-order valence-electron chi connectivity index (χ2n) is 2.96. The van der Waals surface area contributed by atoms with Gasteiger partial charge in [-0.1, -0.05) is 54.7 Å². The fourth-order valence-electron chi connectivity index (χ4n) is 1.52. The van der Waals surface area contributed by atoms with Crippen LogP contribution in [-0.4, -0.2) is 5.37 Å². The predicted molar refractivity (Wildman–Crippen MR) is 60.3 cm³/mol. The van der Waals surface area contributed by atoms with Gasteiger partial charge in [0.15, 0.2) is 0 Å². The van der Waals surface area contributed by atoms with E-state index in [2.05, 4.69) is 41.8 Å². The Balaban J connectivity index is 2.68. The van der Waals surface area contributed by atoms with E-state index in [0.717, 1.165) is 6.42 Å². The van der Waals surface area contributed by atoms with Crippen LogP contribution in [0, 0.1) is 0 Å². The van der Waals surface area contributed by atoms with Gasteiger partial charge in [0.05, 0.1) is 0 Å². The maximum absolute atomic E-state index is 4.75. The van der Waals surface area contributed by atoms with Gasteiger partial charge in [-0.3, -0.25) is 0 Å². The second-order valence-corrected chi connectivity index (χ2v) is 3.25. The monoisotopic (exact) mass is 185 g/mol. The molecule has 0 amide bonds. The number of fused-ring (bicyclic) bond motifs is 1. The third-order valence-corrected chi connectivity index (χ3v) is 2.29. The average molecular weight is 185 g/mol. The van der Waals surface area contributed by atoms with Crippen molar-refractivity contribution in [2.75, 3.05) is 0 Å². The number of hydrogen-bond acceptors (Lipinski definition) is 1. The van der Waals surface area contributed by atoms with Crippen LogP contribution in [0.1, 0.15) is 5.56 Å². The van der Waals surface area contributed by atoms with Crippen LogP contribution in [-0.2, 0) is 6.42 Å². The van der Waals surface area contributed by atoms with Gasteiger partial charge in [0, 0.05) is 11.8 Å². The van der Waals surface area contributed by atoms with Crippen LogP contribution in [0.5, 0.6) is 0 Å². The summed E-state index contributed by atoms with van der Waals surface area (Å²) in [6.45, 7) is 0. The second kappa shape index (κ2) is 3.67. The zero-order valence-electron chi connectivity index (χ0n) is 7.16. The molecule has 0 spiro atoms. The number of rotatable bonds is 2. The Kier molecular flexibility index (Phi) is 2.37. The van der Waals surface area contributed by atoms with Crippen LogP contribution in [0.25, 0.3) is 10.8 Å². The molecule has 0 heterocycles. The summed E-state index contributed by atoms with van der Waals surface area (Å²) in [4.78, 5) is 0. The Hall–Kier alpha value is -1.21. The first-order chi connectivity index (χ1) is 6.42. The molecule has 0 N–H and O–H groups in total. The number of hydrogen-bond donors (Lipinski definition) is 0. The minimum atomic E-state index is 0.747. The summed E-state index contributed by atoms with van der Waals surface area (Å²) < 4.78 is 0. The number of thiocarbonyl (C=S) groups is 1. The minimum absolute atomic E-state index is 0.747. The summed E-state index contributed by atoms with van der Waals surface area (Å²) in [7, 11) is 0. The highest BCUT2D eigenvalue weighted by Gasteiger charge is 1.97. The lowest BCUT2D eigenvalue weighted by molar-refractivity contribution is 1.43. The van der Waals surface area contributed by atoms with Crippen LogP contribution in [0.3, 0.4) is 0 Å². The Morgan fingerprint density at radius 2 is 1.77 bits per heavy atom. The first-order valence-corrected chi connectivity index (χ1v) is 4.64. The van der Waals surface area contributed by atoms with E-state index in [-0.39, 0.29) is 0 Å². The van der Waals surface area contributed by atoms with Crippen molar-refractivity contribution in [1.29, 1.82) is 0 Å². The van der Waals surface area contributed by atoms with Crippen LogP contribution < -0.4 is 0 Å². The van der Waals surface area contributed by atoms with Crippen molar-refractivity contribution in [3.05, 3.63) is 48.0 Å². The van der Waals surface area contributed by atoms with Gasteiger partial charge in [-0.25, -0.2) is 0 Å². The van der Waals surface area contributed by atoms with Gasteiger partial charge < -0.3 is 0 Å². The summed E-state index contributed by atoms with van der Waals surface area (Å²) in [6, 6.07) is 14.6. The molecule has 0 fully saturated rings. The molecule has 0 aliphatic carbocycles. The van der Waals surface area contributed by atoms with Crippen molar-refractivity contribution >= 4 is 28.4 Å². The fraction of sp³-hybridized carbons (Fsp3) is 0.0833. The molecular weight excluding hydrogens is 176 g/mol. The molecule has 0 atom stereocenters. The lowest BCUT2D eigenvalue weighted by Crippen LogP contribution is -1.85. The quantitative estimate of drug-likeness (QED) is 0.647. The molecule has 0 bridgehead atoms. The third kappa shape index (κ3) is 1.61. The van der Waals surface area contributed by atoms with Gasteiger partial charge in [-0.15, -0.1) is 0 Å². The first kappa shape index (κ1) is 8.39. The first-order valence-electron chi connectivity index (χ1n) is 4.23. The molecule has 0 aromatic heterocycles.